The summed E-state index contributed by atoms with van der Waals surface area (Å²) in [5, 5.41) is 8.92. The number of unbranched alkanes of at least 4 members (excludes halogenated alkanes) is 2. The molecule has 0 aromatic rings. The van der Waals surface area contributed by atoms with Gasteiger partial charge in [-0.1, -0.05) is 101 Å². The molecule has 0 radical (unpaired) electrons. The lowest BCUT2D eigenvalue weighted by Crippen LogP contribution is -2.47. The van der Waals surface area contributed by atoms with E-state index in [9.17, 15) is 13.7 Å². The highest BCUT2D eigenvalue weighted by atomic mass is 31.2. The first kappa shape index (κ1) is 43.6. The average Bonchev–Trinajstić information content (AvgIpc) is 2.91. The maximum atomic E-state index is 11.1. The van der Waals surface area contributed by atoms with Gasteiger partial charge >= 0.3 is 7.82 Å². The first-order chi connectivity index (χ1) is 16.7. The Morgan fingerprint density at radius 1 is 0.639 bits per heavy atom. The summed E-state index contributed by atoms with van der Waals surface area (Å²) in [5.74, 6) is 0. The highest BCUT2D eigenvalue weighted by Crippen LogP contribution is 2.59. The fourth-order valence-corrected chi connectivity index (χ4v) is 3.88. The van der Waals surface area contributed by atoms with Gasteiger partial charge in [-0.15, -0.1) is 0 Å². The van der Waals surface area contributed by atoms with E-state index in [1.165, 1.54) is 32.1 Å². The zero-order chi connectivity index (χ0) is 29.3. The summed E-state index contributed by atoms with van der Waals surface area (Å²) in [4.78, 5) is 0. The molecule has 10 heteroatoms. The van der Waals surface area contributed by atoms with Crippen molar-refractivity contribution in [1.29, 1.82) is 0 Å². The van der Waals surface area contributed by atoms with Gasteiger partial charge in [-0.25, -0.2) is 4.57 Å². The van der Waals surface area contributed by atoms with Gasteiger partial charge in [0.2, 0.25) is 0 Å². The maximum Gasteiger partial charge on any atom is 0.474 e. The van der Waals surface area contributed by atoms with Crippen LogP contribution in [-0.2, 0) is 27.3 Å². The molecule has 2 bridgehead atoms. The van der Waals surface area contributed by atoms with Gasteiger partial charge in [0.05, 0.1) is 46.1 Å². The zero-order valence-corrected chi connectivity index (χ0v) is 28.6. The van der Waals surface area contributed by atoms with Gasteiger partial charge in [0, 0.05) is 0 Å². The van der Waals surface area contributed by atoms with E-state index in [1.54, 1.807) is 0 Å². The Balaban J connectivity index is -0.000000183. The largest absolute Gasteiger partial charge is 0.474 e. The van der Waals surface area contributed by atoms with Crippen molar-refractivity contribution in [3.8, 4) is 0 Å². The second kappa shape index (κ2) is 25.8. The number of aliphatic hydroxyl groups is 1. The predicted molar refractivity (Wildman–Crippen MR) is 161 cm³/mol. The van der Waals surface area contributed by atoms with Crippen LogP contribution in [0.25, 0.3) is 0 Å². The number of phosphoric acid groups is 1. The first-order valence-corrected chi connectivity index (χ1v) is 20.4. The molecule has 0 unspecified atom stereocenters. The van der Waals surface area contributed by atoms with Crippen LogP contribution >= 0.6 is 22.1 Å². The van der Waals surface area contributed by atoms with Crippen LogP contribution in [0, 0.1) is 5.41 Å². The third-order valence-electron chi connectivity index (χ3n) is 5.60. The van der Waals surface area contributed by atoms with Gasteiger partial charge in [-0.2, -0.15) is 0 Å². The van der Waals surface area contributed by atoms with E-state index in [1.807, 2.05) is 41.0 Å². The molecule has 0 atom stereocenters. The summed E-state index contributed by atoms with van der Waals surface area (Å²) in [5.41, 5.74) is -0.480. The van der Waals surface area contributed by atoms with Crippen LogP contribution in [0.2, 0.25) is 0 Å². The summed E-state index contributed by atoms with van der Waals surface area (Å²) < 4.78 is 47.5. The van der Waals surface area contributed by atoms with E-state index in [0.29, 0.717) is 0 Å². The van der Waals surface area contributed by atoms with Crippen LogP contribution in [0.4, 0.5) is 0 Å². The highest BCUT2D eigenvalue weighted by Gasteiger charge is 2.50. The lowest BCUT2D eigenvalue weighted by Gasteiger charge is -2.42. The lowest BCUT2D eigenvalue weighted by atomic mass is 9.93. The van der Waals surface area contributed by atoms with E-state index in [2.05, 4.69) is 41.5 Å². The fourth-order valence-electron chi connectivity index (χ4n) is 1.47. The van der Waals surface area contributed by atoms with Crippen LogP contribution in [0.1, 0.15) is 101 Å². The normalized spacial score (nSPS) is 21.9. The van der Waals surface area contributed by atoms with Gasteiger partial charge < -0.3 is 14.2 Å². The van der Waals surface area contributed by atoms with Gasteiger partial charge in [-0.3, -0.25) is 13.6 Å². The van der Waals surface area contributed by atoms with E-state index < -0.39 is 27.5 Å². The van der Waals surface area contributed by atoms with Crippen LogP contribution < -0.4 is 0 Å². The van der Waals surface area contributed by atoms with Crippen molar-refractivity contribution in [3.63, 3.8) is 0 Å². The molecule has 3 saturated heterocycles. The Bertz CT molecular complexity index is 533. The third kappa shape index (κ3) is 26.1. The molecule has 1 N–H and O–H groups in total. The second-order valence-corrected chi connectivity index (χ2v) is 18.9. The SMILES string of the molecule is CCC.CCCC.CCCC.CCP(C)(=O)CC.CCP(C)(=O)CC.O=P12OCC(CO)(CO1)CO2. The summed E-state index contributed by atoms with van der Waals surface area (Å²) in [7, 11) is -6.50. The smallest absolute Gasteiger partial charge is 0.396 e. The van der Waals surface area contributed by atoms with Crippen molar-refractivity contribution >= 4 is 22.1 Å². The summed E-state index contributed by atoms with van der Waals surface area (Å²) in [6, 6.07) is 0. The van der Waals surface area contributed by atoms with E-state index in [-0.39, 0.29) is 26.4 Å². The minimum absolute atomic E-state index is 0.0625. The quantitative estimate of drug-likeness (QED) is 0.300. The van der Waals surface area contributed by atoms with Crippen molar-refractivity contribution in [2.75, 3.05) is 64.4 Å². The summed E-state index contributed by atoms with van der Waals surface area (Å²) >= 11 is 0. The molecule has 3 fully saturated rings. The number of rotatable bonds is 7. The molecule has 36 heavy (non-hydrogen) atoms. The van der Waals surface area contributed by atoms with Gasteiger partial charge in [0.15, 0.2) is 0 Å². The monoisotopic (exact) mass is 580 g/mol. The molecule has 0 amide bonds. The standard InChI is InChI=1S/C5H9O5P.2C5H13OP.2C4H10.C3H8/c6-1-5-2-8-11(7,9-3-5)10-4-5;2*1-4-7(3,6)5-2;2*1-3-4-2;1-3-2/h6H,1-4H2;2*4-5H2,1-3H3;2*3-4H2,1-2H3;3H2,1-2H3. The Hall–Kier alpha value is 0.530. The number of hydrogen-bond donors (Lipinski definition) is 1. The molecule has 3 aliphatic heterocycles. The molecule has 0 saturated carbocycles. The molecule has 3 rings (SSSR count). The Morgan fingerprint density at radius 3 is 0.972 bits per heavy atom. The molecule has 0 aliphatic carbocycles. The van der Waals surface area contributed by atoms with E-state index in [0.717, 1.165) is 24.6 Å². The lowest BCUT2D eigenvalue weighted by molar-refractivity contribution is -0.114. The predicted octanol–water partition coefficient (Wildman–Crippen LogP) is 9.22. The Labute approximate surface area is 225 Å². The first-order valence-electron chi connectivity index (χ1n) is 13.9. The summed E-state index contributed by atoms with van der Waals surface area (Å²) in [6.45, 7) is 25.3. The van der Waals surface area contributed by atoms with Crippen molar-refractivity contribution in [2.45, 2.75) is 101 Å². The van der Waals surface area contributed by atoms with Crippen LogP contribution in [0.15, 0.2) is 0 Å². The maximum absolute atomic E-state index is 11.1. The molecule has 7 nitrogen and oxygen atoms in total. The number of fused-ring (bicyclic) bond motifs is 3. The second-order valence-electron chi connectivity index (χ2n) is 9.49. The van der Waals surface area contributed by atoms with Gasteiger partial charge in [-0.05, 0) is 38.0 Å². The average molecular weight is 581 g/mol. The van der Waals surface area contributed by atoms with Crippen molar-refractivity contribution in [2.24, 2.45) is 5.41 Å². The minimum atomic E-state index is -3.20. The van der Waals surface area contributed by atoms with Crippen LogP contribution in [-0.4, -0.2) is 69.5 Å². The van der Waals surface area contributed by atoms with E-state index >= 15 is 0 Å². The van der Waals surface area contributed by atoms with Crippen molar-refractivity contribution < 1.29 is 32.4 Å². The van der Waals surface area contributed by atoms with Crippen molar-refractivity contribution in [3.05, 3.63) is 0 Å². The Kier molecular flexibility index (Phi) is 31.2. The minimum Gasteiger partial charge on any atom is -0.396 e. The van der Waals surface area contributed by atoms with Crippen LogP contribution in [0.3, 0.4) is 0 Å². The van der Waals surface area contributed by atoms with Crippen molar-refractivity contribution in [1.82, 2.24) is 0 Å². The molecule has 0 spiro atoms. The molecule has 0 aromatic heterocycles. The van der Waals surface area contributed by atoms with Crippen LogP contribution in [0.5, 0.6) is 0 Å². The molecule has 3 aliphatic rings. The van der Waals surface area contributed by atoms with Gasteiger partial charge in [0.1, 0.15) is 0 Å². The Morgan fingerprint density at radius 2 is 0.861 bits per heavy atom. The molecule has 0 aromatic carbocycles. The molecular formula is C26H63O7P3. The molecular weight excluding hydrogens is 517 g/mol. The zero-order valence-electron chi connectivity index (χ0n) is 25.9. The summed E-state index contributed by atoms with van der Waals surface area (Å²) in [6.07, 6.45) is 9.93. The topological polar surface area (TPSA) is 99.1 Å². The molecule has 3 heterocycles. The third-order valence-corrected chi connectivity index (χ3v) is 12.3. The fraction of sp³-hybridized carbons (Fsp3) is 1.00. The number of aliphatic hydroxyl groups excluding tert-OH is 1. The number of hydrogen-bond acceptors (Lipinski definition) is 7. The molecule has 224 valence electrons. The van der Waals surface area contributed by atoms with E-state index in [4.69, 9.17) is 18.7 Å². The number of phosphoric ester groups is 1. The van der Waals surface area contributed by atoms with Gasteiger partial charge in [0.25, 0.3) is 0 Å². The highest BCUT2D eigenvalue weighted by molar-refractivity contribution is 7.63.